The van der Waals surface area contributed by atoms with Crippen molar-refractivity contribution in [3.05, 3.63) is 36.0 Å². The average molecular weight is 336 g/mol. The summed E-state index contributed by atoms with van der Waals surface area (Å²) >= 11 is 0. The highest BCUT2D eigenvalue weighted by atomic mass is 16.1. The molecule has 1 aliphatic heterocycles. The molecule has 1 saturated carbocycles. The van der Waals surface area contributed by atoms with Crippen molar-refractivity contribution >= 4 is 17.5 Å². The predicted molar refractivity (Wildman–Crippen MR) is 99.5 cm³/mol. The summed E-state index contributed by atoms with van der Waals surface area (Å²) in [5, 5.41) is 6.45. The number of para-hydroxylation sites is 1. The minimum absolute atomic E-state index is 0.0221. The van der Waals surface area contributed by atoms with Crippen molar-refractivity contribution in [2.45, 2.75) is 51.5 Å². The highest BCUT2D eigenvalue weighted by Gasteiger charge is 2.23. The standard InChI is InChI=1S/C20H24N4O/c1-13(14-7-3-2-4-8-14)22-20-21-12-15-11-18(25)23-17-10-6-5-9-16(17)19(15)24-20/h5-6,9-10,12-14H,2-4,7-8,11H2,1H3,(H,23,25)(H,21,22,24)/t13-/m1/s1. The summed E-state index contributed by atoms with van der Waals surface area (Å²) in [4.78, 5) is 21.3. The summed E-state index contributed by atoms with van der Waals surface area (Å²) < 4.78 is 0. The van der Waals surface area contributed by atoms with Gasteiger partial charge in [0.1, 0.15) is 0 Å². The van der Waals surface area contributed by atoms with E-state index in [1.165, 1.54) is 32.1 Å². The molecule has 1 amide bonds. The Morgan fingerprint density at radius 3 is 2.84 bits per heavy atom. The van der Waals surface area contributed by atoms with Gasteiger partial charge >= 0.3 is 0 Å². The van der Waals surface area contributed by atoms with Crippen molar-refractivity contribution in [2.24, 2.45) is 5.92 Å². The van der Waals surface area contributed by atoms with E-state index in [4.69, 9.17) is 4.98 Å². The van der Waals surface area contributed by atoms with Gasteiger partial charge < -0.3 is 10.6 Å². The molecule has 4 rings (SSSR count). The zero-order chi connectivity index (χ0) is 17.2. The Balaban J connectivity index is 1.63. The number of amides is 1. The van der Waals surface area contributed by atoms with E-state index >= 15 is 0 Å². The van der Waals surface area contributed by atoms with Gasteiger partial charge in [0.15, 0.2) is 0 Å². The number of hydrogen-bond acceptors (Lipinski definition) is 4. The molecule has 1 fully saturated rings. The molecule has 2 aromatic rings. The number of benzene rings is 1. The van der Waals surface area contributed by atoms with Crippen LogP contribution < -0.4 is 10.6 Å². The van der Waals surface area contributed by atoms with Crippen LogP contribution in [0.15, 0.2) is 30.5 Å². The van der Waals surface area contributed by atoms with Crippen LogP contribution >= 0.6 is 0 Å². The third-order valence-corrected chi connectivity index (χ3v) is 5.39. The second-order valence-electron chi connectivity index (χ2n) is 7.17. The summed E-state index contributed by atoms with van der Waals surface area (Å²) in [6.07, 6.45) is 8.66. The summed E-state index contributed by atoms with van der Waals surface area (Å²) in [5.74, 6) is 1.32. The minimum Gasteiger partial charge on any atom is -0.351 e. The number of aromatic nitrogens is 2. The Labute approximate surface area is 148 Å². The molecule has 5 nitrogen and oxygen atoms in total. The fraction of sp³-hybridized carbons (Fsp3) is 0.450. The third kappa shape index (κ3) is 3.36. The van der Waals surface area contributed by atoms with Crippen molar-refractivity contribution in [3.8, 4) is 11.3 Å². The topological polar surface area (TPSA) is 66.9 Å². The SMILES string of the molecule is C[C@@H](Nc1ncc2c(n1)-c1ccccc1NC(=O)C2)C1CCCCC1. The number of fused-ring (bicyclic) bond motifs is 3. The number of rotatable bonds is 3. The van der Waals surface area contributed by atoms with Crippen LogP contribution in [-0.4, -0.2) is 21.9 Å². The van der Waals surface area contributed by atoms with E-state index in [-0.39, 0.29) is 5.91 Å². The number of nitrogens with zero attached hydrogens (tertiary/aromatic N) is 2. The Morgan fingerprint density at radius 2 is 2.00 bits per heavy atom. The number of carbonyl (C=O) groups excluding carboxylic acids is 1. The molecule has 2 heterocycles. The molecule has 1 aliphatic carbocycles. The molecule has 0 bridgehead atoms. The second kappa shape index (κ2) is 6.82. The van der Waals surface area contributed by atoms with Gasteiger partial charge in [-0.25, -0.2) is 9.97 Å². The molecule has 2 N–H and O–H groups in total. The Morgan fingerprint density at radius 1 is 1.20 bits per heavy atom. The third-order valence-electron chi connectivity index (χ3n) is 5.39. The zero-order valence-electron chi connectivity index (χ0n) is 14.6. The molecule has 130 valence electrons. The van der Waals surface area contributed by atoms with Gasteiger partial charge in [0.2, 0.25) is 11.9 Å². The van der Waals surface area contributed by atoms with Gasteiger partial charge in [-0.15, -0.1) is 0 Å². The molecular formula is C20H24N4O. The van der Waals surface area contributed by atoms with Crippen LogP contribution in [0.2, 0.25) is 0 Å². The fourth-order valence-corrected chi connectivity index (χ4v) is 3.96. The second-order valence-corrected chi connectivity index (χ2v) is 7.17. The molecule has 0 saturated heterocycles. The number of anilines is 2. The first kappa shape index (κ1) is 16.1. The highest BCUT2D eigenvalue weighted by molar-refractivity contribution is 5.99. The predicted octanol–water partition coefficient (Wildman–Crippen LogP) is 4.02. The molecule has 0 radical (unpaired) electrons. The van der Waals surface area contributed by atoms with E-state index in [1.807, 2.05) is 24.3 Å². The molecule has 1 aromatic heterocycles. The highest BCUT2D eigenvalue weighted by Crippen LogP contribution is 2.33. The summed E-state index contributed by atoms with van der Waals surface area (Å²) in [5.41, 5.74) is 3.50. The smallest absolute Gasteiger partial charge is 0.228 e. The monoisotopic (exact) mass is 336 g/mol. The van der Waals surface area contributed by atoms with E-state index in [1.54, 1.807) is 6.20 Å². The lowest BCUT2D eigenvalue weighted by Crippen LogP contribution is -2.28. The molecule has 1 aromatic carbocycles. The van der Waals surface area contributed by atoms with Gasteiger partial charge in [0.25, 0.3) is 0 Å². The van der Waals surface area contributed by atoms with Crippen molar-refractivity contribution in [2.75, 3.05) is 10.6 Å². The zero-order valence-corrected chi connectivity index (χ0v) is 14.6. The first-order chi connectivity index (χ1) is 12.2. The largest absolute Gasteiger partial charge is 0.351 e. The van der Waals surface area contributed by atoms with Crippen LogP contribution in [0.5, 0.6) is 0 Å². The lowest BCUT2D eigenvalue weighted by atomic mass is 9.85. The van der Waals surface area contributed by atoms with Crippen LogP contribution in [-0.2, 0) is 11.2 Å². The fourth-order valence-electron chi connectivity index (χ4n) is 3.96. The van der Waals surface area contributed by atoms with Gasteiger partial charge in [-0.05, 0) is 31.7 Å². The first-order valence-electron chi connectivity index (χ1n) is 9.22. The maximum absolute atomic E-state index is 12.1. The van der Waals surface area contributed by atoms with Gasteiger partial charge in [0, 0.05) is 23.4 Å². The minimum atomic E-state index is -0.0221. The lowest BCUT2D eigenvalue weighted by molar-refractivity contribution is -0.115. The number of carbonyl (C=O) groups is 1. The maximum atomic E-state index is 12.1. The summed E-state index contributed by atoms with van der Waals surface area (Å²) in [6.45, 7) is 2.23. The quantitative estimate of drug-likeness (QED) is 0.888. The van der Waals surface area contributed by atoms with Gasteiger partial charge in [-0.3, -0.25) is 4.79 Å². The molecule has 1 atom stereocenters. The number of nitrogens with one attached hydrogen (secondary N) is 2. The van der Waals surface area contributed by atoms with Crippen molar-refractivity contribution in [1.82, 2.24) is 9.97 Å². The molecule has 25 heavy (non-hydrogen) atoms. The van der Waals surface area contributed by atoms with Gasteiger partial charge in [-0.2, -0.15) is 0 Å². The summed E-state index contributed by atoms with van der Waals surface area (Å²) in [7, 11) is 0. The van der Waals surface area contributed by atoms with Crippen LogP contribution in [0.3, 0.4) is 0 Å². The average Bonchev–Trinajstić information content (AvgIpc) is 2.78. The molecule has 0 spiro atoms. The molecule has 2 aliphatic rings. The maximum Gasteiger partial charge on any atom is 0.228 e. The Bertz CT molecular complexity index is 783. The van der Waals surface area contributed by atoms with E-state index in [2.05, 4.69) is 22.5 Å². The van der Waals surface area contributed by atoms with Gasteiger partial charge in [0.05, 0.1) is 17.8 Å². The summed E-state index contributed by atoms with van der Waals surface area (Å²) in [6, 6.07) is 8.18. The number of hydrogen-bond donors (Lipinski definition) is 2. The molecule has 0 unspecified atom stereocenters. The van der Waals surface area contributed by atoms with E-state index in [9.17, 15) is 4.79 Å². The Kier molecular flexibility index (Phi) is 4.38. The van der Waals surface area contributed by atoms with Crippen molar-refractivity contribution in [3.63, 3.8) is 0 Å². The van der Waals surface area contributed by atoms with E-state index < -0.39 is 0 Å². The van der Waals surface area contributed by atoms with E-state index in [0.717, 1.165) is 22.5 Å². The molecule has 5 heteroatoms. The Hall–Kier alpha value is -2.43. The normalized spacial score (nSPS) is 18.5. The van der Waals surface area contributed by atoms with Crippen LogP contribution in [0.4, 0.5) is 11.6 Å². The van der Waals surface area contributed by atoms with Gasteiger partial charge in [-0.1, -0.05) is 37.5 Å². The first-order valence-corrected chi connectivity index (χ1v) is 9.22. The molecular weight excluding hydrogens is 312 g/mol. The van der Waals surface area contributed by atoms with Crippen LogP contribution in [0.25, 0.3) is 11.3 Å². The van der Waals surface area contributed by atoms with E-state index in [0.29, 0.717) is 24.3 Å². The van der Waals surface area contributed by atoms with Crippen molar-refractivity contribution < 1.29 is 4.79 Å². The lowest BCUT2D eigenvalue weighted by Gasteiger charge is -2.28. The van der Waals surface area contributed by atoms with Crippen molar-refractivity contribution in [1.29, 1.82) is 0 Å². The van der Waals surface area contributed by atoms with Crippen LogP contribution in [0.1, 0.15) is 44.6 Å². The van der Waals surface area contributed by atoms with Crippen LogP contribution in [0, 0.1) is 5.92 Å².